The number of hydrogen-bond donors (Lipinski definition) is 2. The highest BCUT2D eigenvalue weighted by Gasteiger charge is 2.20. The molecular weight excluding hydrogens is 481 g/mol. The van der Waals surface area contributed by atoms with Crippen LogP contribution in [0.3, 0.4) is 0 Å². The third-order valence-corrected chi connectivity index (χ3v) is 6.45. The molecule has 0 aliphatic carbocycles. The average molecular weight is 499 g/mol. The van der Waals surface area contributed by atoms with Crippen LogP contribution < -0.4 is 10.6 Å². The number of benzene rings is 2. The summed E-state index contributed by atoms with van der Waals surface area (Å²) in [6.07, 6.45) is 0. The first-order valence-electron chi connectivity index (χ1n) is 9.09. The summed E-state index contributed by atoms with van der Waals surface area (Å²) in [6.45, 7) is 1.79. The lowest BCUT2D eigenvalue weighted by Crippen LogP contribution is -2.28. The zero-order chi connectivity index (χ0) is 22.5. The number of carbonyl (C=O) groups excluding carboxylic acids is 2. The quantitative estimate of drug-likeness (QED) is 0.448. The Morgan fingerprint density at radius 2 is 1.77 bits per heavy atom. The van der Waals surface area contributed by atoms with E-state index in [4.69, 9.17) is 34.8 Å². The average Bonchev–Trinajstić information content (AvgIpc) is 3.10. The van der Waals surface area contributed by atoms with E-state index in [9.17, 15) is 9.59 Å². The third-order valence-electron chi connectivity index (χ3n) is 4.28. The number of amides is 2. The first kappa shape index (κ1) is 23.4. The molecule has 0 radical (unpaired) electrons. The van der Waals surface area contributed by atoms with Crippen molar-refractivity contribution in [2.24, 2.45) is 7.05 Å². The molecular formula is C20H18Cl3N5O2S. The van der Waals surface area contributed by atoms with Gasteiger partial charge >= 0.3 is 0 Å². The van der Waals surface area contributed by atoms with E-state index in [2.05, 4.69) is 20.8 Å². The normalized spacial score (nSPS) is 11.8. The molecule has 1 heterocycles. The number of thioether (sulfide) groups is 1. The maximum absolute atomic E-state index is 12.5. The highest BCUT2D eigenvalue weighted by molar-refractivity contribution is 7.99. The second-order valence-electron chi connectivity index (χ2n) is 6.51. The summed E-state index contributed by atoms with van der Waals surface area (Å²) in [5, 5.41) is 15.4. The molecule has 2 amide bonds. The predicted octanol–water partition coefficient (Wildman–Crippen LogP) is 5.00. The lowest BCUT2D eigenvalue weighted by atomic mass is 10.2. The second-order valence-corrected chi connectivity index (χ2v) is 8.65. The van der Waals surface area contributed by atoms with Crippen molar-refractivity contribution in [3.8, 4) is 0 Å². The maximum Gasteiger partial charge on any atom is 0.253 e. The molecule has 0 spiro atoms. The van der Waals surface area contributed by atoms with Gasteiger partial charge in [-0.05, 0) is 31.2 Å². The van der Waals surface area contributed by atoms with Gasteiger partial charge in [0.25, 0.3) is 5.91 Å². The van der Waals surface area contributed by atoms with Crippen molar-refractivity contribution >= 4 is 64.1 Å². The summed E-state index contributed by atoms with van der Waals surface area (Å²) in [5.74, 6) is 0.0582. The molecule has 0 aliphatic heterocycles. The van der Waals surface area contributed by atoms with Gasteiger partial charge in [-0.1, -0.05) is 64.8 Å². The van der Waals surface area contributed by atoms with Crippen LogP contribution in [0.2, 0.25) is 15.1 Å². The van der Waals surface area contributed by atoms with Gasteiger partial charge in [0.05, 0.1) is 38.1 Å². The molecule has 0 saturated heterocycles. The van der Waals surface area contributed by atoms with Gasteiger partial charge in [-0.15, -0.1) is 10.2 Å². The van der Waals surface area contributed by atoms with Gasteiger partial charge in [-0.2, -0.15) is 0 Å². The minimum atomic E-state index is -0.422. The van der Waals surface area contributed by atoms with Gasteiger partial charge < -0.3 is 15.2 Å². The number of nitrogens with one attached hydrogen (secondary N) is 2. The Hall–Kier alpha value is -2.26. The Kier molecular flexibility index (Phi) is 7.83. The van der Waals surface area contributed by atoms with Crippen LogP contribution in [-0.4, -0.2) is 32.3 Å². The summed E-state index contributed by atoms with van der Waals surface area (Å²) < 4.78 is 1.72. The number of nitrogens with zero attached hydrogens (tertiary/aromatic N) is 3. The lowest BCUT2D eigenvalue weighted by Gasteiger charge is -2.14. The fourth-order valence-electron chi connectivity index (χ4n) is 2.73. The van der Waals surface area contributed by atoms with Crippen molar-refractivity contribution in [3.63, 3.8) is 0 Å². The summed E-state index contributed by atoms with van der Waals surface area (Å²) >= 11 is 19.3. The van der Waals surface area contributed by atoms with Gasteiger partial charge in [0.15, 0.2) is 11.0 Å². The van der Waals surface area contributed by atoms with Crippen LogP contribution in [0.5, 0.6) is 0 Å². The first-order chi connectivity index (χ1) is 14.8. The molecule has 7 nitrogen and oxygen atoms in total. The van der Waals surface area contributed by atoms with E-state index >= 15 is 0 Å². The molecule has 0 unspecified atom stereocenters. The number of anilines is 1. The van der Waals surface area contributed by atoms with Gasteiger partial charge in [0, 0.05) is 7.05 Å². The van der Waals surface area contributed by atoms with E-state index in [1.807, 2.05) is 0 Å². The summed E-state index contributed by atoms with van der Waals surface area (Å²) in [4.78, 5) is 24.8. The van der Waals surface area contributed by atoms with Crippen molar-refractivity contribution in [2.75, 3.05) is 11.1 Å². The molecule has 0 bridgehead atoms. The Labute approximate surface area is 198 Å². The topological polar surface area (TPSA) is 88.9 Å². The van der Waals surface area contributed by atoms with Crippen LogP contribution >= 0.6 is 46.6 Å². The van der Waals surface area contributed by atoms with Crippen LogP contribution in [0.25, 0.3) is 0 Å². The smallest absolute Gasteiger partial charge is 0.253 e. The summed E-state index contributed by atoms with van der Waals surface area (Å²) in [6, 6.07) is 11.4. The Morgan fingerprint density at radius 3 is 2.52 bits per heavy atom. The number of hydrogen-bond acceptors (Lipinski definition) is 5. The minimum Gasteiger partial charge on any atom is -0.342 e. The Balaban J connectivity index is 1.60. The van der Waals surface area contributed by atoms with Gasteiger partial charge in [-0.25, -0.2) is 0 Å². The minimum absolute atomic E-state index is 0.0924. The largest absolute Gasteiger partial charge is 0.342 e. The van der Waals surface area contributed by atoms with Crippen molar-refractivity contribution in [1.82, 2.24) is 20.1 Å². The van der Waals surface area contributed by atoms with E-state index in [1.54, 1.807) is 61.0 Å². The van der Waals surface area contributed by atoms with E-state index in [1.165, 1.54) is 11.8 Å². The molecule has 2 N–H and O–H groups in total. The molecule has 0 aliphatic rings. The lowest BCUT2D eigenvalue weighted by molar-refractivity contribution is -0.113. The van der Waals surface area contributed by atoms with Crippen LogP contribution in [-0.2, 0) is 11.8 Å². The Morgan fingerprint density at radius 1 is 1.06 bits per heavy atom. The fraction of sp³-hybridized carbons (Fsp3) is 0.200. The molecule has 0 saturated carbocycles. The number of aromatic nitrogens is 3. The summed E-state index contributed by atoms with van der Waals surface area (Å²) in [5.41, 5.74) is 0.818. The van der Waals surface area contributed by atoms with Crippen molar-refractivity contribution in [3.05, 3.63) is 68.9 Å². The third kappa shape index (κ3) is 5.71. The molecule has 3 rings (SSSR count). The summed E-state index contributed by atoms with van der Waals surface area (Å²) in [7, 11) is 1.77. The molecule has 2 aromatic carbocycles. The highest BCUT2D eigenvalue weighted by Crippen LogP contribution is 2.30. The first-order valence-corrected chi connectivity index (χ1v) is 11.2. The molecule has 31 heavy (non-hydrogen) atoms. The van der Waals surface area contributed by atoms with Crippen LogP contribution in [0.15, 0.2) is 47.6 Å². The van der Waals surface area contributed by atoms with E-state index in [0.29, 0.717) is 32.3 Å². The van der Waals surface area contributed by atoms with Crippen LogP contribution in [0.4, 0.5) is 5.69 Å². The predicted molar refractivity (Wildman–Crippen MR) is 124 cm³/mol. The molecule has 1 atom stereocenters. The SMILES string of the molecule is C[C@@H](NC(=O)c1ccccc1Cl)c1nnc(SCC(=O)Nc2cccc(Cl)c2Cl)n1C. The molecule has 11 heteroatoms. The molecule has 3 aromatic rings. The van der Waals surface area contributed by atoms with Crippen LogP contribution in [0, 0.1) is 0 Å². The van der Waals surface area contributed by atoms with Gasteiger partial charge in [0.2, 0.25) is 5.91 Å². The number of halogens is 3. The van der Waals surface area contributed by atoms with Crippen LogP contribution in [0.1, 0.15) is 29.1 Å². The standard InChI is InChI=1S/C20H18Cl3N5O2S/c1-11(24-19(30)12-6-3-4-7-13(12)21)18-26-27-20(28(18)2)31-10-16(29)25-15-9-5-8-14(22)17(15)23/h3-9,11H,10H2,1-2H3,(H,24,30)(H,25,29)/t11-/m1/s1. The molecule has 0 fully saturated rings. The van der Waals surface area contributed by atoms with E-state index in [0.717, 1.165) is 0 Å². The monoisotopic (exact) mass is 497 g/mol. The zero-order valence-corrected chi connectivity index (χ0v) is 19.6. The van der Waals surface area contributed by atoms with Crippen molar-refractivity contribution in [1.29, 1.82) is 0 Å². The second kappa shape index (κ2) is 10.4. The number of rotatable bonds is 7. The highest BCUT2D eigenvalue weighted by atomic mass is 35.5. The maximum atomic E-state index is 12.5. The number of carbonyl (C=O) groups is 2. The molecule has 1 aromatic heterocycles. The van der Waals surface area contributed by atoms with E-state index < -0.39 is 6.04 Å². The van der Waals surface area contributed by atoms with Gasteiger partial charge in [0.1, 0.15) is 0 Å². The van der Waals surface area contributed by atoms with Gasteiger partial charge in [-0.3, -0.25) is 9.59 Å². The fourth-order valence-corrected chi connectivity index (χ4v) is 4.02. The van der Waals surface area contributed by atoms with E-state index in [-0.39, 0.29) is 22.6 Å². The van der Waals surface area contributed by atoms with Crippen molar-refractivity contribution in [2.45, 2.75) is 18.1 Å². The molecule has 162 valence electrons. The Bertz CT molecular complexity index is 1120. The zero-order valence-electron chi connectivity index (χ0n) is 16.5. The van der Waals surface area contributed by atoms with Crippen molar-refractivity contribution < 1.29 is 9.59 Å².